The molecule has 1 heterocycles. The van der Waals surface area contributed by atoms with E-state index in [9.17, 15) is 0 Å². The van der Waals surface area contributed by atoms with Gasteiger partial charge >= 0.3 is 0 Å². The van der Waals surface area contributed by atoms with Gasteiger partial charge in [-0.15, -0.1) is 0 Å². The highest BCUT2D eigenvalue weighted by atomic mass is 16.7. The van der Waals surface area contributed by atoms with E-state index in [1.165, 1.54) is 5.56 Å². The van der Waals surface area contributed by atoms with Crippen molar-refractivity contribution in [3.63, 3.8) is 0 Å². The van der Waals surface area contributed by atoms with Crippen molar-refractivity contribution >= 4 is 5.96 Å². The van der Waals surface area contributed by atoms with Crippen LogP contribution in [0.2, 0.25) is 0 Å². The summed E-state index contributed by atoms with van der Waals surface area (Å²) in [6.45, 7) is 4.20. The molecule has 2 N–H and O–H groups in total. The molecule has 2 aromatic rings. The molecule has 0 saturated carbocycles. The lowest BCUT2D eigenvalue weighted by molar-refractivity contribution is 0.174. The average molecular weight is 415 g/mol. The molecule has 3 rings (SSSR count). The maximum Gasteiger partial charge on any atom is 0.231 e. The zero-order chi connectivity index (χ0) is 21.3. The number of fused-ring (bicyclic) bond motifs is 1. The average Bonchev–Trinajstić information content (AvgIpc) is 3.24. The van der Waals surface area contributed by atoms with Crippen molar-refractivity contribution in [3.05, 3.63) is 41.5 Å². The lowest BCUT2D eigenvalue weighted by atomic mass is 10.1. The van der Waals surface area contributed by atoms with Gasteiger partial charge in [-0.2, -0.15) is 0 Å². The molecule has 0 bridgehead atoms. The molecule has 0 atom stereocenters. The van der Waals surface area contributed by atoms with E-state index in [1.807, 2.05) is 37.3 Å². The minimum absolute atomic E-state index is 0.284. The fourth-order valence-corrected chi connectivity index (χ4v) is 3.16. The minimum atomic E-state index is 0.284. The predicted molar refractivity (Wildman–Crippen MR) is 115 cm³/mol. The Labute approximate surface area is 177 Å². The number of nitrogens with zero attached hydrogens (tertiary/aromatic N) is 1. The fraction of sp³-hybridized carbons (Fsp3) is 0.409. The van der Waals surface area contributed by atoms with Crippen LogP contribution >= 0.6 is 0 Å². The van der Waals surface area contributed by atoms with Gasteiger partial charge < -0.3 is 34.3 Å². The number of aliphatic imine (C=N–C) groups is 1. The Kier molecular flexibility index (Phi) is 7.48. The maximum absolute atomic E-state index is 5.51. The van der Waals surface area contributed by atoms with Crippen molar-refractivity contribution < 1.29 is 23.7 Å². The highest BCUT2D eigenvalue weighted by Gasteiger charge is 2.14. The summed E-state index contributed by atoms with van der Waals surface area (Å²) in [5, 5.41) is 6.63. The first-order valence-electron chi connectivity index (χ1n) is 9.88. The summed E-state index contributed by atoms with van der Waals surface area (Å²) in [5.41, 5.74) is 2.02. The first kappa shape index (κ1) is 21.4. The van der Waals surface area contributed by atoms with Crippen LogP contribution < -0.4 is 34.3 Å². The Bertz CT molecular complexity index is 860. The van der Waals surface area contributed by atoms with Crippen LogP contribution in [0.3, 0.4) is 0 Å². The Morgan fingerprint density at radius 3 is 2.37 bits per heavy atom. The molecule has 0 aliphatic carbocycles. The van der Waals surface area contributed by atoms with Crippen LogP contribution in [-0.2, 0) is 13.0 Å². The Morgan fingerprint density at radius 2 is 1.70 bits per heavy atom. The Hall–Kier alpha value is -3.29. The van der Waals surface area contributed by atoms with Gasteiger partial charge in [0, 0.05) is 25.2 Å². The van der Waals surface area contributed by atoms with E-state index >= 15 is 0 Å². The summed E-state index contributed by atoms with van der Waals surface area (Å²) in [4.78, 5) is 4.69. The molecule has 0 radical (unpaired) electrons. The third-order valence-corrected chi connectivity index (χ3v) is 4.70. The van der Waals surface area contributed by atoms with Gasteiger partial charge in [0.05, 0.1) is 33.4 Å². The van der Waals surface area contributed by atoms with E-state index in [-0.39, 0.29) is 6.79 Å². The smallest absolute Gasteiger partial charge is 0.231 e. The first-order chi connectivity index (χ1) is 14.7. The number of rotatable bonds is 9. The monoisotopic (exact) mass is 415 g/mol. The second-order valence-electron chi connectivity index (χ2n) is 6.57. The van der Waals surface area contributed by atoms with Crippen LogP contribution in [0.15, 0.2) is 35.3 Å². The number of ether oxygens (including phenoxy) is 5. The second-order valence-corrected chi connectivity index (χ2v) is 6.57. The van der Waals surface area contributed by atoms with Crippen LogP contribution in [-0.4, -0.2) is 47.2 Å². The van der Waals surface area contributed by atoms with Gasteiger partial charge in [0.25, 0.3) is 0 Å². The molecule has 0 aromatic heterocycles. The minimum Gasteiger partial charge on any atom is -0.496 e. The highest BCUT2D eigenvalue weighted by Crippen LogP contribution is 2.34. The van der Waals surface area contributed by atoms with E-state index in [1.54, 1.807) is 21.3 Å². The number of methoxy groups -OCH3 is 3. The fourth-order valence-electron chi connectivity index (χ4n) is 3.16. The SMILES string of the molecule is CCNC(=NCc1c(OC)cc(OC)cc1OC)NCCc1ccc2c(c1)OCO2. The van der Waals surface area contributed by atoms with E-state index < -0.39 is 0 Å². The summed E-state index contributed by atoms with van der Waals surface area (Å²) >= 11 is 0. The molecule has 0 amide bonds. The van der Waals surface area contributed by atoms with Gasteiger partial charge in [0.15, 0.2) is 17.5 Å². The van der Waals surface area contributed by atoms with E-state index in [4.69, 9.17) is 28.7 Å². The quantitative estimate of drug-likeness (QED) is 0.481. The summed E-state index contributed by atoms with van der Waals surface area (Å²) in [7, 11) is 4.85. The number of benzene rings is 2. The lowest BCUT2D eigenvalue weighted by Gasteiger charge is -2.15. The molecule has 1 aliphatic rings. The highest BCUT2D eigenvalue weighted by molar-refractivity contribution is 5.79. The molecule has 30 heavy (non-hydrogen) atoms. The third-order valence-electron chi connectivity index (χ3n) is 4.70. The first-order valence-corrected chi connectivity index (χ1v) is 9.88. The predicted octanol–water partition coefficient (Wildman–Crippen LogP) is 2.74. The van der Waals surface area contributed by atoms with Crippen molar-refractivity contribution in [1.29, 1.82) is 0 Å². The zero-order valence-corrected chi connectivity index (χ0v) is 17.9. The molecule has 162 valence electrons. The summed E-state index contributed by atoms with van der Waals surface area (Å²) in [6.07, 6.45) is 0.830. The molecule has 0 fully saturated rings. The van der Waals surface area contributed by atoms with Crippen LogP contribution in [0, 0.1) is 0 Å². The van der Waals surface area contributed by atoms with Gasteiger partial charge in [-0.25, -0.2) is 4.99 Å². The van der Waals surface area contributed by atoms with Gasteiger partial charge in [0.1, 0.15) is 17.2 Å². The largest absolute Gasteiger partial charge is 0.496 e. The Balaban J connectivity index is 1.66. The number of hydrogen-bond donors (Lipinski definition) is 2. The molecule has 1 aliphatic heterocycles. The summed E-state index contributed by atoms with van der Waals surface area (Å²) < 4.78 is 27.1. The molecule has 0 saturated heterocycles. The number of guanidine groups is 1. The van der Waals surface area contributed by atoms with Gasteiger partial charge in [-0.05, 0) is 31.0 Å². The zero-order valence-electron chi connectivity index (χ0n) is 17.9. The number of nitrogens with one attached hydrogen (secondary N) is 2. The molecule has 8 heteroatoms. The lowest BCUT2D eigenvalue weighted by Crippen LogP contribution is -2.38. The van der Waals surface area contributed by atoms with E-state index in [2.05, 4.69) is 10.6 Å². The topological polar surface area (TPSA) is 82.6 Å². The van der Waals surface area contributed by atoms with Crippen LogP contribution in [0.5, 0.6) is 28.7 Å². The van der Waals surface area contributed by atoms with E-state index in [0.29, 0.717) is 23.8 Å². The molecule has 0 spiro atoms. The number of hydrogen-bond acceptors (Lipinski definition) is 6. The maximum atomic E-state index is 5.51. The van der Waals surface area contributed by atoms with Gasteiger partial charge in [-0.1, -0.05) is 6.07 Å². The second kappa shape index (κ2) is 10.5. The molecule has 8 nitrogen and oxygen atoms in total. The molecule has 2 aromatic carbocycles. The van der Waals surface area contributed by atoms with Crippen molar-refractivity contribution in [3.8, 4) is 28.7 Å². The molecular formula is C22H29N3O5. The molecule has 0 unspecified atom stereocenters. The summed E-state index contributed by atoms with van der Waals surface area (Å²) in [6, 6.07) is 9.66. The van der Waals surface area contributed by atoms with Crippen LogP contribution in [0.1, 0.15) is 18.1 Å². The van der Waals surface area contributed by atoms with Crippen molar-refractivity contribution in [1.82, 2.24) is 10.6 Å². The standard InChI is InChI=1S/C22H29N3O5/c1-5-23-22(24-9-8-15-6-7-18-21(10-15)30-14-29-18)25-13-17-19(27-3)11-16(26-2)12-20(17)28-4/h6-7,10-12H,5,8-9,13-14H2,1-4H3,(H2,23,24,25). The Morgan fingerprint density at radius 1 is 0.967 bits per heavy atom. The van der Waals surface area contributed by atoms with Crippen LogP contribution in [0.4, 0.5) is 0 Å². The third kappa shape index (κ3) is 5.20. The molecular weight excluding hydrogens is 386 g/mol. The van der Waals surface area contributed by atoms with Gasteiger partial charge in [-0.3, -0.25) is 0 Å². The van der Waals surface area contributed by atoms with Crippen molar-refractivity contribution in [2.75, 3.05) is 41.2 Å². The van der Waals surface area contributed by atoms with Crippen molar-refractivity contribution in [2.45, 2.75) is 19.9 Å². The van der Waals surface area contributed by atoms with E-state index in [0.717, 1.165) is 42.5 Å². The van der Waals surface area contributed by atoms with Gasteiger partial charge in [0.2, 0.25) is 6.79 Å². The van der Waals surface area contributed by atoms with Crippen LogP contribution in [0.25, 0.3) is 0 Å². The normalized spacial score (nSPS) is 12.5. The van der Waals surface area contributed by atoms with Crippen molar-refractivity contribution in [2.24, 2.45) is 4.99 Å². The summed E-state index contributed by atoms with van der Waals surface area (Å²) in [5.74, 6) is 4.33.